The molecular formula is C17H25N3O2S2. The molecule has 1 unspecified atom stereocenters. The minimum Gasteiger partial charge on any atom is -0.318 e. The molecule has 1 atom stereocenters. The van der Waals surface area contributed by atoms with E-state index in [0.717, 1.165) is 28.1 Å². The number of thiazole rings is 1. The Labute approximate surface area is 148 Å². The van der Waals surface area contributed by atoms with Crippen LogP contribution in [0.1, 0.15) is 38.6 Å². The number of hydrogen-bond acceptors (Lipinski definition) is 5. The highest BCUT2D eigenvalue weighted by Crippen LogP contribution is 2.33. The van der Waals surface area contributed by atoms with Gasteiger partial charge in [0.2, 0.25) is 10.0 Å². The topological polar surface area (TPSA) is 62.3 Å². The molecule has 1 aromatic carbocycles. The monoisotopic (exact) mass is 367 g/mol. The first-order chi connectivity index (χ1) is 11.2. The largest absolute Gasteiger partial charge is 0.318 e. The Morgan fingerprint density at radius 3 is 2.79 bits per heavy atom. The van der Waals surface area contributed by atoms with Crippen molar-refractivity contribution in [3.8, 4) is 0 Å². The van der Waals surface area contributed by atoms with Gasteiger partial charge in [-0.05, 0) is 38.1 Å². The van der Waals surface area contributed by atoms with Gasteiger partial charge in [-0.15, -0.1) is 11.3 Å². The molecule has 0 aliphatic carbocycles. The van der Waals surface area contributed by atoms with Crippen LogP contribution in [0.2, 0.25) is 0 Å². The molecule has 3 rings (SSSR count). The molecule has 1 saturated heterocycles. The summed E-state index contributed by atoms with van der Waals surface area (Å²) in [5, 5.41) is 4.13. The minimum absolute atomic E-state index is 0.0322. The molecule has 1 aromatic heterocycles. The van der Waals surface area contributed by atoms with Crippen molar-refractivity contribution in [3.05, 3.63) is 23.2 Å². The Kier molecular flexibility index (Phi) is 4.72. The first kappa shape index (κ1) is 17.8. The van der Waals surface area contributed by atoms with Crippen LogP contribution in [0.4, 0.5) is 0 Å². The van der Waals surface area contributed by atoms with Crippen molar-refractivity contribution in [2.45, 2.75) is 50.0 Å². The molecule has 1 N–H and O–H groups in total. The van der Waals surface area contributed by atoms with Gasteiger partial charge >= 0.3 is 0 Å². The summed E-state index contributed by atoms with van der Waals surface area (Å²) < 4.78 is 28.7. The molecule has 1 fully saturated rings. The lowest BCUT2D eigenvalue weighted by atomic mass is 9.98. The second kappa shape index (κ2) is 6.37. The summed E-state index contributed by atoms with van der Waals surface area (Å²) in [5.74, 6) is 0. The lowest BCUT2D eigenvalue weighted by Crippen LogP contribution is -2.40. The number of benzene rings is 1. The highest BCUT2D eigenvalue weighted by atomic mass is 32.2. The van der Waals surface area contributed by atoms with Crippen molar-refractivity contribution in [2.24, 2.45) is 0 Å². The normalized spacial score (nSPS) is 20.1. The summed E-state index contributed by atoms with van der Waals surface area (Å²) in [5.41, 5.74) is 0.840. The maximum atomic E-state index is 13.0. The summed E-state index contributed by atoms with van der Waals surface area (Å²) in [4.78, 5) is 5.03. The van der Waals surface area contributed by atoms with Crippen LogP contribution in [0.15, 0.2) is 23.1 Å². The van der Waals surface area contributed by atoms with Crippen LogP contribution in [0.3, 0.4) is 0 Å². The van der Waals surface area contributed by atoms with Gasteiger partial charge in [0.05, 0.1) is 20.1 Å². The number of rotatable bonds is 4. The van der Waals surface area contributed by atoms with E-state index in [0.29, 0.717) is 18.0 Å². The molecule has 2 aromatic rings. The average molecular weight is 368 g/mol. The number of likely N-dealkylation sites (N-methyl/N-ethyl adjacent to an activating group) is 1. The zero-order valence-electron chi connectivity index (χ0n) is 14.7. The van der Waals surface area contributed by atoms with Crippen molar-refractivity contribution in [1.82, 2.24) is 14.6 Å². The van der Waals surface area contributed by atoms with Gasteiger partial charge in [0.15, 0.2) is 0 Å². The van der Waals surface area contributed by atoms with Crippen molar-refractivity contribution in [3.63, 3.8) is 0 Å². The Hall–Kier alpha value is -1.02. The molecule has 0 bridgehead atoms. The molecule has 0 spiro atoms. The van der Waals surface area contributed by atoms with Crippen LogP contribution in [0.5, 0.6) is 0 Å². The van der Waals surface area contributed by atoms with E-state index in [2.05, 4.69) is 31.1 Å². The van der Waals surface area contributed by atoms with Crippen LogP contribution in [-0.2, 0) is 15.4 Å². The lowest BCUT2D eigenvalue weighted by Gasteiger charge is -2.23. The Morgan fingerprint density at radius 1 is 1.38 bits per heavy atom. The number of sulfonamides is 1. The Balaban J connectivity index is 1.99. The number of nitrogens with one attached hydrogen (secondary N) is 1. The molecule has 0 amide bonds. The summed E-state index contributed by atoms with van der Waals surface area (Å²) in [6.07, 6.45) is 1.83. The lowest BCUT2D eigenvalue weighted by molar-refractivity contribution is 0.379. The van der Waals surface area contributed by atoms with Gasteiger partial charge < -0.3 is 5.32 Å². The molecule has 24 heavy (non-hydrogen) atoms. The smallest absolute Gasteiger partial charge is 0.243 e. The van der Waals surface area contributed by atoms with Crippen molar-refractivity contribution < 1.29 is 8.42 Å². The zero-order valence-corrected chi connectivity index (χ0v) is 16.3. The molecule has 132 valence electrons. The summed E-state index contributed by atoms with van der Waals surface area (Å²) in [6, 6.07) is 5.35. The average Bonchev–Trinajstić information content (AvgIpc) is 3.12. The Bertz CT molecular complexity index is 837. The van der Waals surface area contributed by atoms with E-state index in [1.54, 1.807) is 27.8 Å². The van der Waals surface area contributed by atoms with Crippen LogP contribution < -0.4 is 5.32 Å². The predicted octanol–water partition coefficient (Wildman–Crippen LogP) is 2.97. The van der Waals surface area contributed by atoms with Gasteiger partial charge in [-0.25, -0.2) is 13.4 Å². The minimum atomic E-state index is -3.46. The maximum Gasteiger partial charge on any atom is 0.243 e. The van der Waals surface area contributed by atoms with Crippen LogP contribution in [-0.4, -0.2) is 43.9 Å². The number of fused-ring (bicyclic) bond motifs is 1. The van der Waals surface area contributed by atoms with Gasteiger partial charge in [0.1, 0.15) is 0 Å². The van der Waals surface area contributed by atoms with Crippen molar-refractivity contribution >= 4 is 31.6 Å². The fourth-order valence-corrected chi connectivity index (χ4v) is 5.94. The molecular weight excluding hydrogens is 342 g/mol. The van der Waals surface area contributed by atoms with E-state index in [1.807, 2.05) is 13.1 Å². The van der Waals surface area contributed by atoms with Crippen LogP contribution in [0.25, 0.3) is 10.2 Å². The first-order valence-corrected chi connectivity index (χ1v) is 10.6. The van der Waals surface area contributed by atoms with E-state index in [-0.39, 0.29) is 11.5 Å². The molecule has 7 heteroatoms. The van der Waals surface area contributed by atoms with E-state index in [9.17, 15) is 8.42 Å². The molecule has 0 radical (unpaired) electrons. The fraction of sp³-hybridized carbons (Fsp3) is 0.588. The predicted molar refractivity (Wildman–Crippen MR) is 99.2 cm³/mol. The summed E-state index contributed by atoms with van der Waals surface area (Å²) in [7, 11) is -1.59. The van der Waals surface area contributed by atoms with E-state index in [1.165, 1.54) is 0 Å². The van der Waals surface area contributed by atoms with Crippen molar-refractivity contribution in [2.75, 3.05) is 20.1 Å². The van der Waals surface area contributed by atoms with Crippen LogP contribution in [0, 0.1) is 0 Å². The number of hydrogen-bond donors (Lipinski definition) is 1. The van der Waals surface area contributed by atoms with E-state index >= 15 is 0 Å². The summed E-state index contributed by atoms with van der Waals surface area (Å²) in [6.45, 7) is 7.65. The zero-order chi connectivity index (χ0) is 17.5. The molecule has 0 saturated carbocycles. The summed E-state index contributed by atoms with van der Waals surface area (Å²) >= 11 is 1.58. The van der Waals surface area contributed by atoms with E-state index in [4.69, 9.17) is 0 Å². The third-order valence-electron chi connectivity index (χ3n) is 4.37. The second-order valence-corrected chi connectivity index (χ2v) is 10.3. The quantitative estimate of drug-likeness (QED) is 0.902. The van der Waals surface area contributed by atoms with Gasteiger partial charge in [0, 0.05) is 24.5 Å². The SMILES string of the molecule is CNCC1CCCN1S(=O)(=O)c1ccc2nc(C(C)(C)C)sc2c1. The molecule has 2 heterocycles. The highest BCUT2D eigenvalue weighted by molar-refractivity contribution is 7.89. The van der Waals surface area contributed by atoms with Gasteiger partial charge in [0.25, 0.3) is 0 Å². The standard InChI is InChI=1S/C17H25N3O2S2/c1-17(2,3)16-19-14-8-7-13(10-15(14)23-16)24(21,22)20-9-5-6-12(20)11-18-4/h7-8,10,12,18H,5-6,9,11H2,1-4H3. The third-order valence-corrected chi connectivity index (χ3v) is 7.76. The first-order valence-electron chi connectivity index (χ1n) is 8.31. The Morgan fingerprint density at radius 2 is 2.12 bits per heavy atom. The second-order valence-electron chi connectivity index (χ2n) is 7.37. The van der Waals surface area contributed by atoms with Gasteiger partial charge in [-0.3, -0.25) is 0 Å². The van der Waals surface area contributed by atoms with Gasteiger partial charge in [-0.2, -0.15) is 4.31 Å². The highest BCUT2D eigenvalue weighted by Gasteiger charge is 2.35. The van der Waals surface area contributed by atoms with Crippen LogP contribution >= 0.6 is 11.3 Å². The molecule has 1 aliphatic rings. The fourth-order valence-electron chi connectivity index (χ4n) is 3.09. The number of nitrogens with zero attached hydrogens (tertiary/aromatic N) is 2. The van der Waals surface area contributed by atoms with E-state index < -0.39 is 10.0 Å². The molecule has 5 nitrogen and oxygen atoms in total. The van der Waals surface area contributed by atoms with Gasteiger partial charge in [-0.1, -0.05) is 20.8 Å². The van der Waals surface area contributed by atoms with Crippen molar-refractivity contribution in [1.29, 1.82) is 0 Å². The third kappa shape index (κ3) is 3.22. The maximum absolute atomic E-state index is 13.0. The number of aromatic nitrogens is 1. The molecule has 1 aliphatic heterocycles.